The van der Waals surface area contributed by atoms with Crippen molar-refractivity contribution in [2.24, 2.45) is 0 Å². The number of nitrogens with one attached hydrogen (secondary N) is 1. The molecule has 0 saturated heterocycles. The minimum atomic E-state index is -0.193. The zero-order valence-electron chi connectivity index (χ0n) is 22.5. The van der Waals surface area contributed by atoms with Gasteiger partial charge in [-0.1, -0.05) is 42.5 Å². The Balaban J connectivity index is 1.36. The summed E-state index contributed by atoms with van der Waals surface area (Å²) in [7, 11) is 1.65. The Morgan fingerprint density at radius 3 is 2.66 bits per heavy atom. The van der Waals surface area contributed by atoms with Crippen LogP contribution in [0.4, 0.5) is 0 Å². The van der Waals surface area contributed by atoms with E-state index in [0.717, 1.165) is 45.7 Å². The molecule has 0 unspecified atom stereocenters. The number of ether oxygens (including phenoxy) is 3. The molecule has 4 rings (SSSR count). The number of methoxy groups -OCH3 is 1. The van der Waals surface area contributed by atoms with Crippen molar-refractivity contribution in [3.63, 3.8) is 0 Å². The van der Waals surface area contributed by atoms with Crippen LogP contribution in [-0.2, 0) is 17.9 Å². The highest BCUT2D eigenvalue weighted by molar-refractivity contribution is 5.78. The SMILES string of the molecule is C/C=C/c1ccc(OCCCn2c(CNC(=O)COc3cc(C)ccc3C)nc3ccccc32)c(OC)c1. The van der Waals surface area contributed by atoms with Gasteiger partial charge in [-0.2, -0.15) is 0 Å². The Morgan fingerprint density at radius 2 is 1.84 bits per heavy atom. The molecule has 0 bridgehead atoms. The van der Waals surface area contributed by atoms with Gasteiger partial charge in [0.15, 0.2) is 18.1 Å². The number of aryl methyl sites for hydroxylation is 3. The molecule has 0 fully saturated rings. The Morgan fingerprint density at radius 1 is 1.00 bits per heavy atom. The van der Waals surface area contributed by atoms with E-state index in [0.29, 0.717) is 31.2 Å². The largest absolute Gasteiger partial charge is 0.493 e. The number of hydrogen-bond donors (Lipinski definition) is 1. The molecule has 0 aliphatic rings. The van der Waals surface area contributed by atoms with E-state index in [1.54, 1.807) is 7.11 Å². The normalized spacial score (nSPS) is 11.2. The smallest absolute Gasteiger partial charge is 0.258 e. The molecule has 0 aliphatic heterocycles. The van der Waals surface area contributed by atoms with Crippen molar-refractivity contribution in [3.8, 4) is 17.2 Å². The molecule has 7 nitrogen and oxygen atoms in total. The molecule has 0 saturated carbocycles. The number of imidazole rings is 1. The highest BCUT2D eigenvalue weighted by atomic mass is 16.5. The van der Waals surface area contributed by atoms with Crippen LogP contribution in [0.1, 0.15) is 35.9 Å². The monoisotopic (exact) mass is 513 g/mol. The number of nitrogens with zero attached hydrogens (tertiary/aromatic N) is 2. The highest BCUT2D eigenvalue weighted by Gasteiger charge is 2.13. The van der Waals surface area contributed by atoms with Crippen molar-refractivity contribution in [2.45, 2.75) is 40.3 Å². The Kier molecular flexibility index (Phi) is 9.03. The van der Waals surface area contributed by atoms with Gasteiger partial charge in [0.1, 0.15) is 11.6 Å². The van der Waals surface area contributed by atoms with E-state index in [-0.39, 0.29) is 12.5 Å². The van der Waals surface area contributed by atoms with Gasteiger partial charge in [-0.05, 0) is 74.2 Å². The van der Waals surface area contributed by atoms with Crippen LogP contribution in [-0.4, -0.2) is 35.8 Å². The van der Waals surface area contributed by atoms with Crippen LogP contribution in [0.3, 0.4) is 0 Å². The molecule has 7 heteroatoms. The molecule has 1 heterocycles. The highest BCUT2D eigenvalue weighted by Crippen LogP contribution is 2.29. The van der Waals surface area contributed by atoms with E-state index in [9.17, 15) is 4.79 Å². The first-order chi connectivity index (χ1) is 18.5. The van der Waals surface area contributed by atoms with E-state index >= 15 is 0 Å². The molecule has 0 aliphatic carbocycles. The van der Waals surface area contributed by atoms with Crippen molar-refractivity contribution in [1.29, 1.82) is 0 Å². The summed E-state index contributed by atoms with van der Waals surface area (Å²) in [6.07, 6.45) is 4.77. The lowest BCUT2D eigenvalue weighted by Crippen LogP contribution is -2.29. The maximum Gasteiger partial charge on any atom is 0.258 e. The predicted molar refractivity (Wildman–Crippen MR) is 151 cm³/mol. The molecule has 0 spiro atoms. The summed E-state index contributed by atoms with van der Waals surface area (Å²) in [5.74, 6) is 2.74. The minimum Gasteiger partial charge on any atom is -0.493 e. The summed E-state index contributed by atoms with van der Waals surface area (Å²) in [5.41, 5.74) is 5.07. The molecule has 1 amide bonds. The number of carbonyl (C=O) groups excluding carboxylic acids is 1. The van der Waals surface area contributed by atoms with E-state index in [2.05, 4.69) is 9.88 Å². The van der Waals surface area contributed by atoms with Crippen molar-refractivity contribution in [1.82, 2.24) is 14.9 Å². The summed E-state index contributed by atoms with van der Waals surface area (Å²) < 4.78 is 19.4. The van der Waals surface area contributed by atoms with Crippen molar-refractivity contribution in [3.05, 3.63) is 89.3 Å². The fourth-order valence-corrected chi connectivity index (χ4v) is 4.25. The number of carbonyl (C=O) groups is 1. The molecular formula is C31H35N3O4. The van der Waals surface area contributed by atoms with Gasteiger partial charge in [0, 0.05) is 6.54 Å². The lowest BCUT2D eigenvalue weighted by Gasteiger charge is -2.13. The van der Waals surface area contributed by atoms with Gasteiger partial charge in [-0.15, -0.1) is 0 Å². The second-order valence-electron chi connectivity index (χ2n) is 9.12. The molecule has 4 aromatic rings. The van der Waals surface area contributed by atoms with Crippen LogP contribution in [0.2, 0.25) is 0 Å². The second kappa shape index (κ2) is 12.8. The van der Waals surface area contributed by atoms with Crippen LogP contribution in [0.5, 0.6) is 17.2 Å². The maximum absolute atomic E-state index is 12.5. The number of hydrogen-bond acceptors (Lipinski definition) is 5. The maximum atomic E-state index is 12.5. The first-order valence-corrected chi connectivity index (χ1v) is 12.8. The Bertz CT molecular complexity index is 1420. The average Bonchev–Trinajstić information content (AvgIpc) is 3.28. The summed E-state index contributed by atoms with van der Waals surface area (Å²) >= 11 is 0. The van der Waals surface area contributed by atoms with Crippen molar-refractivity contribution < 1.29 is 19.0 Å². The van der Waals surface area contributed by atoms with Gasteiger partial charge >= 0.3 is 0 Å². The van der Waals surface area contributed by atoms with Gasteiger partial charge in [0.25, 0.3) is 5.91 Å². The molecular weight excluding hydrogens is 478 g/mol. The lowest BCUT2D eigenvalue weighted by molar-refractivity contribution is -0.123. The van der Waals surface area contributed by atoms with Gasteiger partial charge < -0.3 is 24.1 Å². The molecule has 0 radical (unpaired) electrons. The third-order valence-corrected chi connectivity index (χ3v) is 6.21. The zero-order chi connectivity index (χ0) is 26.9. The molecule has 38 heavy (non-hydrogen) atoms. The fraction of sp³-hybridized carbons (Fsp3) is 0.290. The number of allylic oxidation sites excluding steroid dienone is 1. The van der Waals surface area contributed by atoms with Gasteiger partial charge in [-0.25, -0.2) is 4.98 Å². The van der Waals surface area contributed by atoms with Gasteiger partial charge in [0.2, 0.25) is 0 Å². The van der Waals surface area contributed by atoms with Crippen LogP contribution in [0.15, 0.2) is 66.7 Å². The Hall–Kier alpha value is -4.26. The topological polar surface area (TPSA) is 74.6 Å². The van der Waals surface area contributed by atoms with Crippen molar-refractivity contribution >= 4 is 23.0 Å². The minimum absolute atomic E-state index is 0.0486. The quantitative estimate of drug-likeness (QED) is 0.240. The zero-order valence-corrected chi connectivity index (χ0v) is 22.5. The number of fused-ring (bicyclic) bond motifs is 1. The number of amides is 1. The number of rotatable bonds is 12. The first kappa shape index (κ1) is 26.8. The van der Waals surface area contributed by atoms with E-state index in [4.69, 9.17) is 19.2 Å². The number of benzene rings is 3. The fourth-order valence-electron chi connectivity index (χ4n) is 4.25. The lowest BCUT2D eigenvalue weighted by atomic mass is 10.1. The number of aromatic nitrogens is 2. The van der Waals surface area contributed by atoms with Crippen LogP contribution >= 0.6 is 0 Å². The van der Waals surface area contributed by atoms with Gasteiger partial charge in [0.05, 0.1) is 31.3 Å². The van der Waals surface area contributed by atoms with Gasteiger partial charge in [-0.3, -0.25) is 4.79 Å². The molecule has 198 valence electrons. The van der Waals surface area contributed by atoms with Crippen LogP contribution in [0.25, 0.3) is 17.1 Å². The molecule has 1 N–H and O–H groups in total. The third kappa shape index (κ3) is 6.73. The van der Waals surface area contributed by atoms with E-state index in [1.807, 2.05) is 93.6 Å². The van der Waals surface area contributed by atoms with Crippen LogP contribution in [0, 0.1) is 13.8 Å². The summed E-state index contributed by atoms with van der Waals surface area (Å²) in [5, 5.41) is 2.95. The Labute approximate surface area is 224 Å². The third-order valence-electron chi connectivity index (χ3n) is 6.21. The van der Waals surface area contributed by atoms with Crippen LogP contribution < -0.4 is 19.5 Å². The standard InChI is InChI=1S/C31H35N3O4/c1-5-9-24-14-15-27(29(19-24)36-4)37-17-8-16-34-26-11-7-6-10-25(26)33-30(34)20-32-31(35)21-38-28-18-22(2)12-13-23(28)3/h5-7,9-15,18-19H,8,16-17,20-21H2,1-4H3,(H,32,35)/b9-5+. The summed E-state index contributed by atoms with van der Waals surface area (Å²) in [6.45, 7) is 7.42. The summed E-state index contributed by atoms with van der Waals surface area (Å²) in [4.78, 5) is 17.3. The average molecular weight is 514 g/mol. The predicted octanol–water partition coefficient (Wildman–Crippen LogP) is 5.86. The molecule has 0 atom stereocenters. The van der Waals surface area contributed by atoms with E-state index < -0.39 is 0 Å². The summed E-state index contributed by atoms with van der Waals surface area (Å²) in [6, 6.07) is 19.8. The van der Waals surface area contributed by atoms with E-state index in [1.165, 1.54) is 0 Å². The first-order valence-electron chi connectivity index (χ1n) is 12.8. The van der Waals surface area contributed by atoms with Crippen molar-refractivity contribution in [2.75, 3.05) is 20.3 Å². The molecule has 1 aromatic heterocycles. The molecule has 3 aromatic carbocycles. The number of para-hydroxylation sites is 2. The second-order valence-corrected chi connectivity index (χ2v) is 9.12.